The molecule has 3 aromatic rings. The van der Waals surface area contributed by atoms with Crippen molar-refractivity contribution in [3.63, 3.8) is 0 Å². The van der Waals surface area contributed by atoms with Gasteiger partial charge in [-0.05, 0) is 30.3 Å². The molecule has 0 fully saturated rings. The molecule has 3 rings (SSSR count). The molecule has 0 unspecified atom stereocenters. The Labute approximate surface area is 147 Å². The van der Waals surface area contributed by atoms with Crippen molar-refractivity contribution in [2.24, 2.45) is 0 Å². The van der Waals surface area contributed by atoms with Crippen LogP contribution in [0.4, 0.5) is 0 Å². The topological polar surface area (TPSA) is 52.6 Å². The van der Waals surface area contributed by atoms with E-state index >= 15 is 0 Å². The summed E-state index contributed by atoms with van der Waals surface area (Å²) in [6.45, 7) is -0.338. The quantitative estimate of drug-likeness (QED) is 0.492. The fourth-order valence-electron chi connectivity index (χ4n) is 2.20. The van der Waals surface area contributed by atoms with Crippen LogP contribution in [0, 0.1) is 0 Å². The fraction of sp³-hybridized carbons (Fsp3) is 0.111. The Morgan fingerprint density at radius 3 is 2.46 bits per heavy atom. The molecule has 0 bridgehead atoms. The number of hydrogen-bond donors (Lipinski definition) is 0. The van der Waals surface area contributed by atoms with Crippen molar-refractivity contribution in [2.45, 2.75) is 0 Å². The van der Waals surface area contributed by atoms with Crippen LogP contribution in [-0.4, -0.2) is 25.5 Å². The van der Waals surface area contributed by atoms with Gasteiger partial charge >= 0.3 is 5.97 Å². The molecule has 0 amide bonds. The van der Waals surface area contributed by atoms with Crippen LogP contribution in [0.25, 0.3) is 10.1 Å². The number of hydrogen-bond acceptors (Lipinski definition) is 5. The number of thiophene rings is 1. The van der Waals surface area contributed by atoms with Gasteiger partial charge in [-0.2, -0.15) is 0 Å². The predicted molar refractivity (Wildman–Crippen MR) is 94.4 cm³/mol. The molecular formula is C18H13ClO4S. The second kappa shape index (κ2) is 7.03. The average Bonchev–Trinajstić information content (AvgIpc) is 2.96. The zero-order valence-corrected chi connectivity index (χ0v) is 14.3. The summed E-state index contributed by atoms with van der Waals surface area (Å²) >= 11 is 7.48. The van der Waals surface area contributed by atoms with E-state index in [4.69, 9.17) is 21.1 Å². The van der Waals surface area contributed by atoms with E-state index < -0.39 is 5.97 Å². The van der Waals surface area contributed by atoms with E-state index in [0.29, 0.717) is 21.2 Å². The second-order valence-electron chi connectivity index (χ2n) is 4.97. The second-order valence-corrected chi connectivity index (χ2v) is 6.40. The van der Waals surface area contributed by atoms with E-state index in [9.17, 15) is 9.59 Å². The molecule has 24 heavy (non-hydrogen) atoms. The molecule has 0 aliphatic heterocycles. The first-order chi connectivity index (χ1) is 11.6. The van der Waals surface area contributed by atoms with E-state index in [-0.39, 0.29) is 12.4 Å². The molecule has 1 heterocycles. The first-order valence-corrected chi connectivity index (χ1v) is 8.31. The molecule has 0 saturated heterocycles. The van der Waals surface area contributed by atoms with Gasteiger partial charge in [0.15, 0.2) is 12.4 Å². The van der Waals surface area contributed by atoms with Crippen molar-refractivity contribution in [3.8, 4) is 5.75 Å². The van der Waals surface area contributed by atoms with Crippen LogP contribution in [0.1, 0.15) is 20.0 Å². The molecule has 1 aromatic heterocycles. The molecule has 0 spiro atoms. The van der Waals surface area contributed by atoms with E-state index in [2.05, 4.69) is 0 Å². The fourth-order valence-corrected chi connectivity index (χ4v) is 3.60. The Kier molecular flexibility index (Phi) is 4.83. The number of Topliss-reactive ketones (excluding diaryl/α,β-unsaturated/α-hetero) is 1. The van der Waals surface area contributed by atoms with Gasteiger partial charge in [-0.25, -0.2) is 4.79 Å². The summed E-state index contributed by atoms with van der Waals surface area (Å²) in [5.41, 5.74) is 0.450. The maximum absolute atomic E-state index is 12.2. The molecule has 122 valence electrons. The summed E-state index contributed by atoms with van der Waals surface area (Å²) in [4.78, 5) is 24.6. The minimum Gasteiger partial charge on any atom is -0.497 e. The first kappa shape index (κ1) is 16.5. The van der Waals surface area contributed by atoms with Crippen LogP contribution < -0.4 is 4.74 Å². The number of benzene rings is 2. The van der Waals surface area contributed by atoms with E-state index in [0.717, 1.165) is 10.1 Å². The highest BCUT2D eigenvalue weighted by molar-refractivity contribution is 7.21. The summed E-state index contributed by atoms with van der Waals surface area (Å²) < 4.78 is 11.1. The van der Waals surface area contributed by atoms with Gasteiger partial charge < -0.3 is 9.47 Å². The SMILES string of the molecule is COc1ccc(C(=O)COC(=O)c2sc3ccccc3c2Cl)cc1. The average molecular weight is 361 g/mol. The smallest absolute Gasteiger partial charge is 0.350 e. The normalized spacial score (nSPS) is 10.6. The lowest BCUT2D eigenvalue weighted by molar-refractivity contribution is 0.0480. The van der Waals surface area contributed by atoms with Crippen molar-refractivity contribution in [2.75, 3.05) is 13.7 Å². The molecule has 2 aromatic carbocycles. The van der Waals surface area contributed by atoms with Gasteiger partial charge in [-0.1, -0.05) is 29.8 Å². The lowest BCUT2D eigenvalue weighted by Crippen LogP contribution is -2.13. The minimum absolute atomic E-state index is 0.289. The maximum Gasteiger partial charge on any atom is 0.350 e. The predicted octanol–water partition coefficient (Wildman–Crippen LogP) is 4.60. The molecular weight excluding hydrogens is 348 g/mol. The third-order valence-corrected chi connectivity index (χ3v) is 5.12. The number of methoxy groups -OCH3 is 1. The van der Waals surface area contributed by atoms with Crippen molar-refractivity contribution < 1.29 is 19.1 Å². The Morgan fingerprint density at radius 2 is 1.79 bits per heavy atom. The zero-order chi connectivity index (χ0) is 17.1. The molecule has 0 aliphatic carbocycles. The number of ketones is 1. The molecule has 0 aliphatic rings. The Balaban J connectivity index is 1.69. The van der Waals surface area contributed by atoms with Crippen LogP contribution in [-0.2, 0) is 4.74 Å². The number of carbonyl (C=O) groups excluding carboxylic acids is 2. The van der Waals surface area contributed by atoms with Gasteiger partial charge in [0, 0.05) is 15.6 Å². The highest BCUT2D eigenvalue weighted by Gasteiger charge is 2.19. The molecule has 0 saturated carbocycles. The highest BCUT2D eigenvalue weighted by Crippen LogP contribution is 2.35. The Hall–Kier alpha value is -2.37. The summed E-state index contributed by atoms with van der Waals surface area (Å²) in [5.74, 6) is -0.230. The van der Waals surface area contributed by atoms with E-state index in [1.165, 1.54) is 11.3 Å². The summed E-state index contributed by atoms with van der Waals surface area (Å²) in [6, 6.07) is 14.1. The molecule has 0 atom stereocenters. The number of rotatable bonds is 5. The summed E-state index contributed by atoms with van der Waals surface area (Å²) in [6.07, 6.45) is 0. The monoisotopic (exact) mass is 360 g/mol. The van der Waals surface area contributed by atoms with Crippen LogP contribution in [0.2, 0.25) is 5.02 Å². The van der Waals surface area contributed by atoms with Gasteiger partial charge in [0.25, 0.3) is 0 Å². The van der Waals surface area contributed by atoms with Crippen molar-refractivity contribution in [3.05, 3.63) is 64.0 Å². The number of fused-ring (bicyclic) bond motifs is 1. The van der Waals surface area contributed by atoms with Gasteiger partial charge in [0.2, 0.25) is 0 Å². The Morgan fingerprint density at radius 1 is 1.08 bits per heavy atom. The molecule has 4 nitrogen and oxygen atoms in total. The third kappa shape index (κ3) is 3.27. The number of ether oxygens (including phenoxy) is 2. The molecule has 6 heteroatoms. The van der Waals surface area contributed by atoms with Crippen LogP contribution >= 0.6 is 22.9 Å². The van der Waals surface area contributed by atoms with Gasteiger partial charge in [0.05, 0.1) is 12.1 Å². The molecule has 0 N–H and O–H groups in total. The number of halogens is 1. The summed E-state index contributed by atoms with van der Waals surface area (Å²) in [7, 11) is 1.55. The largest absolute Gasteiger partial charge is 0.497 e. The standard InChI is InChI=1S/C18H13ClO4S/c1-22-12-8-6-11(7-9-12)14(20)10-23-18(21)17-16(19)13-4-2-3-5-15(13)24-17/h2-9H,10H2,1H3. The number of carbonyl (C=O) groups is 2. The highest BCUT2D eigenvalue weighted by atomic mass is 35.5. The van der Waals surface area contributed by atoms with Gasteiger partial charge in [0.1, 0.15) is 10.6 Å². The van der Waals surface area contributed by atoms with Crippen LogP contribution in [0.3, 0.4) is 0 Å². The van der Waals surface area contributed by atoms with Crippen molar-refractivity contribution in [1.29, 1.82) is 0 Å². The van der Waals surface area contributed by atoms with E-state index in [1.54, 1.807) is 31.4 Å². The Bertz CT molecular complexity index is 899. The first-order valence-electron chi connectivity index (χ1n) is 7.11. The van der Waals surface area contributed by atoms with Crippen LogP contribution in [0.15, 0.2) is 48.5 Å². The summed E-state index contributed by atoms with van der Waals surface area (Å²) in [5, 5.41) is 1.16. The van der Waals surface area contributed by atoms with E-state index in [1.807, 2.05) is 24.3 Å². The number of esters is 1. The lowest BCUT2D eigenvalue weighted by Gasteiger charge is -2.04. The zero-order valence-electron chi connectivity index (χ0n) is 12.7. The van der Waals surface area contributed by atoms with Gasteiger partial charge in [-0.3, -0.25) is 4.79 Å². The van der Waals surface area contributed by atoms with Crippen molar-refractivity contribution >= 4 is 44.8 Å². The molecule has 0 radical (unpaired) electrons. The minimum atomic E-state index is -0.594. The maximum atomic E-state index is 12.2. The lowest BCUT2D eigenvalue weighted by atomic mass is 10.1. The van der Waals surface area contributed by atoms with Gasteiger partial charge in [-0.15, -0.1) is 11.3 Å². The third-order valence-electron chi connectivity index (χ3n) is 3.47. The van der Waals surface area contributed by atoms with Crippen molar-refractivity contribution in [1.82, 2.24) is 0 Å². The van der Waals surface area contributed by atoms with Crippen LogP contribution in [0.5, 0.6) is 5.75 Å².